The number of rotatable bonds is 15. The van der Waals surface area contributed by atoms with Crippen LogP contribution in [-0.4, -0.2) is 72.5 Å². The summed E-state index contributed by atoms with van der Waals surface area (Å²) in [5.41, 5.74) is 2.84. The number of nitrogens with one attached hydrogen (secondary N) is 5. The molecule has 5 rings (SSSR count). The van der Waals surface area contributed by atoms with Gasteiger partial charge in [0.05, 0.1) is 42.8 Å². The molecule has 5 N–H and O–H groups in total. The summed E-state index contributed by atoms with van der Waals surface area (Å²) in [6.07, 6.45) is 6.59. The number of hydrogen-bond donors (Lipinski definition) is 5. The zero-order chi connectivity index (χ0) is 35.6. The van der Waals surface area contributed by atoms with Crippen LogP contribution in [0, 0.1) is 5.41 Å². The molecule has 2 aliphatic rings. The Labute approximate surface area is 294 Å². The van der Waals surface area contributed by atoms with Crippen molar-refractivity contribution in [2.24, 2.45) is 5.41 Å². The average Bonchev–Trinajstić information content (AvgIpc) is 3.10. The Balaban J connectivity index is 1.33. The molecule has 50 heavy (non-hydrogen) atoms. The van der Waals surface area contributed by atoms with Crippen molar-refractivity contribution in [3.63, 3.8) is 0 Å². The summed E-state index contributed by atoms with van der Waals surface area (Å²) >= 11 is 0. The molecular weight excluding hydrogens is 632 g/mol. The van der Waals surface area contributed by atoms with E-state index in [1.807, 2.05) is 63.2 Å². The Morgan fingerprint density at radius 3 is 2.38 bits per heavy atom. The van der Waals surface area contributed by atoms with Gasteiger partial charge in [0, 0.05) is 25.5 Å². The molecule has 0 bridgehead atoms. The number of carbonyl (C=O) groups excluding carboxylic acids is 4. The van der Waals surface area contributed by atoms with Crippen LogP contribution in [0.15, 0.2) is 79.1 Å². The zero-order valence-corrected chi connectivity index (χ0v) is 29.3. The van der Waals surface area contributed by atoms with Gasteiger partial charge in [-0.2, -0.15) is 0 Å². The first-order valence-corrected chi connectivity index (χ1v) is 17.5. The Kier molecular flexibility index (Phi) is 12.4. The molecule has 1 aromatic heterocycles. The normalized spacial score (nSPS) is 17.6. The highest BCUT2D eigenvalue weighted by Gasteiger charge is 2.43. The lowest BCUT2D eigenvalue weighted by Crippen LogP contribution is -2.70. The van der Waals surface area contributed by atoms with Crippen molar-refractivity contribution in [3.8, 4) is 0 Å². The fraction of sp³-hybridized carbons (Fsp3) is 0.462. The summed E-state index contributed by atoms with van der Waals surface area (Å²) in [6, 6.07) is 19.3. The van der Waals surface area contributed by atoms with Gasteiger partial charge in [0.15, 0.2) is 0 Å². The first-order valence-electron chi connectivity index (χ1n) is 17.5. The van der Waals surface area contributed by atoms with E-state index in [-0.39, 0.29) is 55.4 Å². The van der Waals surface area contributed by atoms with Crippen LogP contribution in [0.4, 0.5) is 0 Å². The lowest BCUT2D eigenvalue weighted by Gasteiger charge is -2.44. The topological polar surface area (TPSA) is 151 Å². The second-order valence-electron chi connectivity index (χ2n) is 14.7. The Morgan fingerprint density at radius 2 is 1.68 bits per heavy atom. The van der Waals surface area contributed by atoms with Crippen molar-refractivity contribution in [2.75, 3.05) is 26.3 Å². The number of benzene rings is 2. The minimum Gasteiger partial charge on any atom is -0.377 e. The predicted octanol–water partition coefficient (Wildman–Crippen LogP) is 3.40. The van der Waals surface area contributed by atoms with Crippen LogP contribution in [0.3, 0.4) is 0 Å². The summed E-state index contributed by atoms with van der Waals surface area (Å²) in [5.74, 6) is -1.35. The van der Waals surface area contributed by atoms with Gasteiger partial charge in [0.1, 0.15) is 6.04 Å². The van der Waals surface area contributed by atoms with Crippen molar-refractivity contribution < 1.29 is 23.9 Å². The molecule has 3 atom stereocenters. The summed E-state index contributed by atoms with van der Waals surface area (Å²) in [4.78, 5) is 58.3. The molecule has 1 aliphatic heterocycles. The van der Waals surface area contributed by atoms with Gasteiger partial charge in [-0.05, 0) is 66.3 Å². The van der Waals surface area contributed by atoms with Crippen molar-refractivity contribution >= 4 is 23.6 Å². The van der Waals surface area contributed by atoms with E-state index in [2.05, 4.69) is 43.7 Å². The molecule has 2 heterocycles. The van der Waals surface area contributed by atoms with Gasteiger partial charge in [-0.25, -0.2) is 0 Å². The number of hydrogen-bond acceptors (Lipinski definition) is 7. The fourth-order valence-electron chi connectivity index (χ4n) is 6.31. The van der Waals surface area contributed by atoms with Crippen LogP contribution >= 0.6 is 0 Å². The highest BCUT2D eigenvalue weighted by molar-refractivity contribution is 5.94. The molecule has 11 nitrogen and oxygen atoms in total. The third-order valence-electron chi connectivity index (χ3n) is 9.15. The van der Waals surface area contributed by atoms with E-state index in [4.69, 9.17) is 4.74 Å². The van der Waals surface area contributed by atoms with Crippen molar-refractivity contribution in [3.05, 3.63) is 101 Å². The molecule has 266 valence electrons. The number of pyridine rings is 1. The number of aromatic nitrogens is 1. The molecule has 0 saturated carbocycles. The van der Waals surface area contributed by atoms with Crippen molar-refractivity contribution in [1.82, 2.24) is 31.6 Å². The van der Waals surface area contributed by atoms with E-state index in [1.165, 1.54) is 11.8 Å². The number of amides is 4. The number of carbonyl (C=O) groups is 4. The molecule has 11 heteroatoms. The molecule has 1 saturated heterocycles. The van der Waals surface area contributed by atoms with E-state index in [9.17, 15) is 19.2 Å². The average molecular weight is 683 g/mol. The third kappa shape index (κ3) is 10.4. The summed E-state index contributed by atoms with van der Waals surface area (Å²) < 4.78 is 5.55. The van der Waals surface area contributed by atoms with Gasteiger partial charge in [-0.15, -0.1) is 0 Å². The smallest absolute Gasteiger partial charge is 0.252 e. The molecule has 0 radical (unpaired) electrons. The lowest BCUT2D eigenvalue weighted by molar-refractivity contribution is -0.135. The quantitative estimate of drug-likeness (QED) is 0.165. The maximum atomic E-state index is 14.2. The minimum atomic E-state index is -1.00. The van der Waals surface area contributed by atoms with E-state index >= 15 is 0 Å². The Hall–Kier alpha value is -4.61. The van der Waals surface area contributed by atoms with Gasteiger partial charge < -0.3 is 26.0 Å². The first kappa shape index (κ1) is 36.7. The Morgan fingerprint density at radius 1 is 0.920 bits per heavy atom. The first-order chi connectivity index (χ1) is 24.0. The fourth-order valence-corrected chi connectivity index (χ4v) is 6.31. The zero-order valence-electron chi connectivity index (χ0n) is 29.3. The van der Waals surface area contributed by atoms with Crippen LogP contribution in [-0.2, 0) is 32.0 Å². The van der Waals surface area contributed by atoms with Crippen molar-refractivity contribution in [2.45, 2.75) is 83.0 Å². The maximum absolute atomic E-state index is 14.2. The number of fused-ring (bicyclic) bond motifs is 1. The third-order valence-corrected chi connectivity index (χ3v) is 9.15. The molecule has 4 amide bonds. The molecule has 1 aliphatic carbocycles. The van der Waals surface area contributed by atoms with Crippen LogP contribution in [0.1, 0.15) is 79.5 Å². The molecular formula is C39H50N6O5. The van der Waals surface area contributed by atoms with Crippen LogP contribution in [0.2, 0.25) is 0 Å². The van der Waals surface area contributed by atoms with Gasteiger partial charge in [0.25, 0.3) is 5.91 Å². The van der Waals surface area contributed by atoms with Gasteiger partial charge in [0.2, 0.25) is 17.7 Å². The Bertz CT molecular complexity index is 1610. The second kappa shape index (κ2) is 16.9. The number of aryl methyl sites for hydroxylation is 2. The lowest BCUT2D eigenvalue weighted by atomic mass is 9.87. The highest BCUT2D eigenvalue weighted by atomic mass is 16.5. The second-order valence-corrected chi connectivity index (χ2v) is 14.7. The highest BCUT2D eigenvalue weighted by Crippen LogP contribution is 2.29. The monoisotopic (exact) mass is 682 g/mol. The summed E-state index contributed by atoms with van der Waals surface area (Å²) in [6.45, 7) is 7.10. The number of ether oxygens (including phenoxy) is 1. The largest absolute Gasteiger partial charge is 0.377 e. The standard InChI is InChI=1S/C39H50N6O5/c1-38(2,3)23-41-34(46)21-33(45-39(25-50-26-39)24-42-35(47)29-15-10-20-40-22-29)37(49)44-32(19-18-27-11-5-4-6-12-27)36(48)43-31-17-9-14-28-13-7-8-16-30(28)31/h4-8,10-13,15-16,20,22,31-33,45H,9,14,17-19,21,23-26H2,1-3H3,(H,41,46)(H,42,47)(H,43,48)(H,44,49)/t31-,32+,33+/m1/s1. The molecule has 2 aromatic carbocycles. The van der Waals surface area contributed by atoms with E-state index in [0.29, 0.717) is 24.9 Å². The SMILES string of the molecule is CC(C)(C)CNC(=O)C[C@H](NC1(CNC(=O)c2cccnc2)COC1)C(=O)N[C@@H](CCc1ccccc1)C(=O)N[C@@H]1CCCc2ccccc21. The molecule has 1 fully saturated rings. The van der Waals surface area contributed by atoms with Crippen LogP contribution in [0.5, 0.6) is 0 Å². The molecule has 0 spiro atoms. The number of nitrogens with zero attached hydrogens (tertiary/aromatic N) is 1. The van der Waals surface area contributed by atoms with Crippen LogP contribution < -0.4 is 26.6 Å². The molecule has 0 unspecified atom stereocenters. The van der Waals surface area contributed by atoms with Gasteiger partial charge >= 0.3 is 0 Å². The van der Waals surface area contributed by atoms with Gasteiger partial charge in [-0.1, -0.05) is 75.4 Å². The predicted molar refractivity (Wildman–Crippen MR) is 191 cm³/mol. The van der Waals surface area contributed by atoms with Crippen LogP contribution in [0.25, 0.3) is 0 Å². The van der Waals surface area contributed by atoms with Crippen molar-refractivity contribution in [1.29, 1.82) is 0 Å². The maximum Gasteiger partial charge on any atom is 0.252 e. The minimum absolute atomic E-state index is 0.153. The van der Waals surface area contributed by atoms with E-state index in [1.54, 1.807) is 18.3 Å². The van der Waals surface area contributed by atoms with E-state index in [0.717, 1.165) is 30.4 Å². The van der Waals surface area contributed by atoms with E-state index < -0.39 is 23.5 Å². The molecule has 3 aromatic rings. The summed E-state index contributed by atoms with van der Waals surface area (Å²) in [7, 11) is 0. The van der Waals surface area contributed by atoms with Gasteiger partial charge in [-0.3, -0.25) is 29.5 Å². The summed E-state index contributed by atoms with van der Waals surface area (Å²) in [5, 5.41) is 15.4.